The van der Waals surface area contributed by atoms with E-state index in [1.165, 1.54) is 48.0 Å². The minimum absolute atomic E-state index is 0.156. The van der Waals surface area contributed by atoms with Crippen molar-refractivity contribution in [2.24, 2.45) is 0 Å². The Balaban J connectivity index is 1.47. The maximum atomic E-state index is 14.1. The van der Waals surface area contributed by atoms with E-state index in [1.807, 2.05) is 0 Å². The van der Waals surface area contributed by atoms with Crippen LogP contribution in [0.25, 0.3) is 16.8 Å². The number of piperidine rings is 1. The van der Waals surface area contributed by atoms with Crippen LogP contribution in [0.2, 0.25) is 5.15 Å². The highest BCUT2D eigenvalue weighted by atomic mass is 35.5. The van der Waals surface area contributed by atoms with Crippen molar-refractivity contribution in [1.82, 2.24) is 19.3 Å². The molecule has 6 nitrogen and oxygen atoms in total. The van der Waals surface area contributed by atoms with E-state index < -0.39 is 29.1 Å². The molecule has 0 radical (unpaired) electrons. The number of imidazole rings is 1. The Bertz CT molecular complexity index is 1360. The van der Waals surface area contributed by atoms with E-state index in [1.54, 1.807) is 0 Å². The monoisotopic (exact) mass is 492 g/mol. The van der Waals surface area contributed by atoms with E-state index in [-0.39, 0.29) is 35.4 Å². The molecule has 0 aromatic carbocycles. The van der Waals surface area contributed by atoms with Crippen molar-refractivity contribution in [3.8, 4) is 11.1 Å². The summed E-state index contributed by atoms with van der Waals surface area (Å²) in [5.74, 6) is -1.13. The van der Waals surface area contributed by atoms with Crippen molar-refractivity contribution in [1.29, 1.82) is 0 Å². The fourth-order valence-electron chi connectivity index (χ4n) is 4.25. The van der Waals surface area contributed by atoms with Crippen LogP contribution in [0.4, 0.5) is 17.6 Å². The standard InChI is InChI=1S/C23H17ClF4N4O2/c24-20-19(22(33)31-7-3-13(4-8-31)18-17(25)2-1-6-29-18)30-21-16(23(26,27)28)10-15(11-32(20)21)14-5-9-34-12-14/h1-2,5-6,9-13H,3-4,7-8H2. The molecule has 5 heterocycles. The number of halogens is 5. The number of carbonyl (C=O) groups is 1. The fraction of sp³-hybridized carbons (Fsp3) is 0.261. The first-order valence-corrected chi connectivity index (χ1v) is 10.8. The number of hydrogen-bond acceptors (Lipinski definition) is 4. The van der Waals surface area contributed by atoms with E-state index in [2.05, 4.69) is 9.97 Å². The first-order chi connectivity index (χ1) is 16.2. The van der Waals surface area contributed by atoms with Gasteiger partial charge in [-0.1, -0.05) is 11.6 Å². The molecule has 0 aliphatic carbocycles. The summed E-state index contributed by atoms with van der Waals surface area (Å²) >= 11 is 6.37. The summed E-state index contributed by atoms with van der Waals surface area (Å²) < 4.78 is 61.6. The van der Waals surface area contributed by atoms with Crippen LogP contribution in [0.3, 0.4) is 0 Å². The van der Waals surface area contributed by atoms with Gasteiger partial charge in [-0.05, 0) is 37.1 Å². The topological polar surface area (TPSA) is 63.6 Å². The second-order valence-electron chi connectivity index (χ2n) is 8.03. The van der Waals surface area contributed by atoms with Crippen molar-refractivity contribution in [2.45, 2.75) is 24.9 Å². The van der Waals surface area contributed by atoms with Gasteiger partial charge in [-0.2, -0.15) is 13.2 Å². The van der Waals surface area contributed by atoms with Crippen LogP contribution in [0.15, 0.2) is 53.6 Å². The van der Waals surface area contributed by atoms with Gasteiger partial charge >= 0.3 is 6.18 Å². The Labute approximate surface area is 195 Å². The lowest BCUT2D eigenvalue weighted by atomic mass is 9.92. The second kappa shape index (κ2) is 8.43. The maximum absolute atomic E-state index is 14.1. The zero-order chi connectivity index (χ0) is 24.0. The van der Waals surface area contributed by atoms with Gasteiger partial charge in [-0.25, -0.2) is 9.37 Å². The molecule has 1 amide bonds. The molecule has 1 saturated heterocycles. The lowest BCUT2D eigenvalue weighted by Gasteiger charge is -2.31. The SMILES string of the molecule is O=C(c1nc2c(C(F)(F)F)cc(-c3ccoc3)cn2c1Cl)N1CCC(c2ncccc2F)CC1. The minimum Gasteiger partial charge on any atom is -0.472 e. The molecule has 11 heteroatoms. The summed E-state index contributed by atoms with van der Waals surface area (Å²) in [7, 11) is 0. The first kappa shape index (κ1) is 22.4. The lowest BCUT2D eigenvalue weighted by molar-refractivity contribution is -0.136. The summed E-state index contributed by atoms with van der Waals surface area (Å²) in [6, 6.07) is 5.32. The van der Waals surface area contributed by atoms with Gasteiger partial charge in [0, 0.05) is 42.5 Å². The molecule has 1 aliphatic rings. The first-order valence-electron chi connectivity index (χ1n) is 10.4. The number of rotatable bonds is 3. The van der Waals surface area contributed by atoms with Crippen LogP contribution in [-0.2, 0) is 6.18 Å². The quantitative estimate of drug-likeness (QED) is 0.338. The van der Waals surface area contributed by atoms with Crippen molar-refractivity contribution < 1.29 is 26.8 Å². The largest absolute Gasteiger partial charge is 0.472 e. The summed E-state index contributed by atoms with van der Waals surface area (Å²) in [4.78, 5) is 22.7. The van der Waals surface area contributed by atoms with Crippen LogP contribution < -0.4 is 0 Å². The number of pyridine rings is 2. The molecule has 4 aromatic rings. The zero-order valence-corrected chi connectivity index (χ0v) is 18.3. The number of hydrogen-bond donors (Lipinski definition) is 0. The van der Waals surface area contributed by atoms with Gasteiger partial charge in [0.05, 0.1) is 23.8 Å². The molecular weight excluding hydrogens is 476 g/mol. The van der Waals surface area contributed by atoms with E-state index in [4.69, 9.17) is 16.0 Å². The minimum atomic E-state index is -4.72. The normalized spacial score (nSPS) is 15.3. The molecule has 0 spiro atoms. The molecule has 4 aromatic heterocycles. The van der Waals surface area contributed by atoms with Gasteiger partial charge in [0.25, 0.3) is 5.91 Å². The Hall–Kier alpha value is -3.40. The fourth-order valence-corrected chi connectivity index (χ4v) is 4.50. The predicted molar refractivity (Wildman–Crippen MR) is 115 cm³/mol. The molecule has 1 aliphatic heterocycles. The van der Waals surface area contributed by atoms with Gasteiger partial charge in [0.1, 0.15) is 11.0 Å². The van der Waals surface area contributed by atoms with E-state index >= 15 is 0 Å². The average molecular weight is 493 g/mol. The summed E-state index contributed by atoms with van der Waals surface area (Å²) in [5.41, 5.74) is -0.755. The average Bonchev–Trinajstić information content (AvgIpc) is 3.47. The highest BCUT2D eigenvalue weighted by molar-refractivity contribution is 6.33. The number of nitrogens with zero attached hydrogens (tertiary/aromatic N) is 4. The number of likely N-dealkylation sites (tertiary alicyclic amines) is 1. The zero-order valence-electron chi connectivity index (χ0n) is 17.5. The summed E-state index contributed by atoms with van der Waals surface area (Å²) in [5, 5.41) is -0.214. The van der Waals surface area contributed by atoms with Gasteiger partial charge in [0.2, 0.25) is 0 Å². The molecule has 0 bridgehead atoms. The Morgan fingerprint density at radius 1 is 1.18 bits per heavy atom. The molecule has 5 rings (SSSR count). The van der Waals surface area contributed by atoms with Gasteiger partial charge in [-0.15, -0.1) is 0 Å². The number of amides is 1. The third kappa shape index (κ3) is 3.91. The van der Waals surface area contributed by atoms with Gasteiger partial charge < -0.3 is 9.32 Å². The van der Waals surface area contributed by atoms with Crippen LogP contribution in [0.5, 0.6) is 0 Å². The number of aromatic nitrogens is 3. The molecule has 0 unspecified atom stereocenters. The third-order valence-corrected chi connectivity index (χ3v) is 6.34. The van der Waals surface area contributed by atoms with E-state index in [0.717, 1.165) is 10.5 Å². The molecule has 34 heavy (non-hydrogen) atoms. The van der Waals surface area contributed by atoms with Crippen LogP contribution >= 0.6 is 11.6 Å². The molecule has 1 fully saturated rings. The number of alkyl halides is 3. The predicted octanol–water partition coefficient (Wildman–Crippen LogP) is 5.82. The van der Waals surface area contributed by atoms with Crippen molar-refractivity contribution in [3.63, 3.8) is 0 Å². The van der Waals surface area contributed by atoms with Crippen LogP contribution in [0.1, 0.15) is 40.5 Å². The smallest absolute Gasteiger partial charge is 0.420 e. The van der Waals surface area contributed by atoms with Crippen LogP contribution in [0, 0.1) is 5.82 Å². The van der Waals surface area contributed by atoms with E-state index in [9.17, 15) is 22.4 Å². The molecule has 176 valence electrons. The van der Waals surface area contributed by atoms with Crippen molar-refractivity contribution in [2.75, 3.05) is 13.1 Å². The number of carbonyl (C=O) groups excluding carboxylic acids is 1. The summed E-state index contributed by atoms with van der Waals surface area (Å²) in [6.07, 6.45) is 1.76. The Kier molecular flexibility index (Phi) is 5.55. The Morgan fingerprint density at radius 3 is 2.59 bits per heavy atom. The summed E-state index contributed by atoms with van der Waals surface area (Å²) in [6.45, 7) is 0.548. The number of furan rings is 1. The highest BCUT2D eigenvalue weighted by Crippen LogP contribution is 2.37. The van der Waals surface area contributed by atoms with E-state index in [0.29, 0.717) is 24.1 Å². The maximum Gasteiger partial charge on any atom is 0.420 e. The van der Waals surface area contributed by atoms with Gasteiger partial charge in [0.15, 0.2) is 11.3 Å². The molecule has 0 N–H and O–H groups in total. The molecule has 0 atom stereocenters. The molecule has 0 saturated carbocycles. The Morgan fingerprint density at radius 2 is 1.94 bits per heavy atom. The van der Waals surface area contributed by atoms with Crippen molar-refractivity contribution >= 4 is 23.2 Å². The van der Waals surface area contributed by atoms with Gasteiger partial charge in [-0.3, -0.25) is 14.2 Å². The lowest BCUT2D eigenvalue weighted by Crippen LogP contribution is -2.38. The molecular formula is C23H17ClF4N4O2. The second-order valence-corrected chi connectivity index (χ2v) is 8.39. The highest BCUT2D eigenvalue weighted by Gasteiger charge is 2.37. The van der Waals surface area contributed by atoms with Crippen LogP contribution in [-0.4, -0.2) is 38.3 Å². The number of fused-ring (bicyclic) bond motifs is 1. The van der Waals surface area contributed by atoms with Crippen molar-refractivity contribution in [3.05, 3.63) is 77.1 Å². The third-order valence-electron chi connectivity index (χ3n) is 5.98.